The van der Waals surface area contributed by atoms with E-state index in [9.17, 15) is 9.18 Å². The molecule has 0 aliphatic heterocycles. The summed E-state index contributed by atoms with van der Waals surface area (Å²) in [5.74, 6) is -0.147. The molecule has 22 heavy (non-hydrogen) atoms. The summed E-state index contributed by atoms with van der Waals surface area (Å²) in [5, 5.41) is 21.0. The molecule has 112 valence electrons. The number of hydrogen-bond acceptors (Lipinski definition) is 6. The van der Waals surface area contributed by atoms with E-state index in [-0.39, 0.29) is 18.1 Å². The van der Waals surface area contributed by atoms with Crippen molar-refractivity contribution in [2.24, 2.45) is 0 Å². The first kappa shape index (κ1) is 13.9. The van der Waals surface area contributed by atoms with Crippen LogP contribution >= 0.6 is 0 Å². The number of tetrazole rings is 1. The summed E-state index contributed by atoms with van der Waals surface area (Å²) < 4.78 is 18.3. The summed E-state index contributed by atoms with van der Waals surface area (Å²) in [5.41, 5.74) is 0.575. The molecule has 3 aromatic rings. The Labute approximate surface area is 123 Å². The van der Waals surface area contributed by atoms with Crippen molar-refractivity contribution in [1.82, 2.24) is 20.2 Å². The molecule has 0 saturated heterocycles. The fourth-order valence-electron chi connectivity index (χ4n) is 1.88. The molecule has 0 unspecified atom stereocenters. The molecule has 2 aromatic heterocycles. The van der Waals surface area contributed by atoms with Crippen LogP contribution in [0.5, 0.6) is 5.75 Å². The summed E-state index contributed by atoms with van der Waals surface area (Å²) in [6.45, 7) is 1.73. The lowest BCUT2D eigenvalue weighted by Gasteiger charge is -1.99. The lowest BCUT2D eigenvalue weighted by atomic mass is 10.1. The minimum Gasteiger partial charge on any atom is -0.502 e. The molecular formula is C14H11FN4O3. The van der Waals surface area contributed by atoms with Crippen LogP contribution < -0.4 is 5.43 Å². The van der Waals surface area contributed by atoms with Gasteiger partial charge in [0.2, 0.25) is 11.3 Å². The molecule has 0 aliphatic rings. The first-order chi connectivity index (χ1) is 10.5. The molecule has 1 aromatic carbocycles. The van der Waals surface area contributed by atoms with E-state index in [2.05, 4.69) is 15.4 Å². The fraction of sp³-hybridized carbons (Fsp3) is 0.143. The maximum Gasteiger partial charge on any atom is 0.226 e. The molecule has 0 aliphatic carbocycles. The summed E-state index contributed by atoms with van der Waals surface area (Å²) >= 11 is 0. The predicted molar refractivity (Wildman–Crippen MR) is 73.7 cm³/mol. The van der Waals surface area contributed by atoms with Gasteiger partial charge in [-0.1, -0.05) is 0 Å². The van der Waals surface area contributed by atoms with Gasteiger partial charge in [0, 0.05) is 11.6 Å². The number of nitrogens with zero attached hydrogens (tertiary/aromatic N) is 4. The molecule has 0 spiro atoms. The quantitative estimate of drug-likeness (QED) is 0.788. The van der Waals surface area contributed by atoms with Crippen LogP contribution in [0.4, 0.5) is 4.39 Å². The average molecular weight is 302 g/mol. The Kier molecular flexibility index (Phi) is 3.42. The van der Waals surface area contributed by atoms with E-state index in [4.69, 9.17) is 9.52 Å². The number of aromatic hydroxyl groups is 1. The largest absolute Gasteiger partial charge is 0.502 e. The van der Waals surface area contributed by atoms with Crippen LogP contribution in [-0.2, 0) is 6.54 Å². The van der Waals surface area contributed by atoms with Gasteiger partial charge in [-0.05, 0) is 35.9 Å². The van der Waals surface area contributed by atoms with E-state index in [0.717, 1.165) is 12.3 Å². The first-order valence-electron chi connectivity index (χ1n) is 6.38. The maximum atomic E-state index is 13.3. The molecule has 3 rings (SSSR count). The van der Waals surface area contributed by atoms with Crippen molar-refractivity contribution in [1.29, 1.82) is 0 Å². The maximum absolute atomic E-state index is 13.3. The van der Waals surface area contributed by atoms with Gasteiger partial charge in [-0.2, -0.15) is 4.80 Å². The second-order valence-electron chi connectivity index (χ2n) is 4.70. The van der Waals surface area contributed by atoms with Gasteiger partial charge in [-0.3, -0.25) is 4.79 Å². The third-order valence-corrected chi connectivity index (χ3v) is 3.03. The smallest absolute Gasteiger partial charge is 0.226 e. The second-order valence-corrected chi connectivity index (χ2v) is 4.70. The summed E-state index contributed by atoms with van der Waals surface area (Å²) in [7, 11) is 0. The standard InChI is InChI=1S/C14H11FN4O3/c1-8-4-9(2-3-11(8)15)14-16-18-19(17-14)6-10-5-12(20)13(21)7-22-10/h2-5,7,21H,6H2,1H3. The van der Waals surface area contributed by atoms with E-state index in [1.165, 1.54) is 10.9 Å². The third-order valence-electron chi connectivity index (χ3n) is 3.03. The predicted octanol–water partition coefficient (Wildman–Crippen LogP) is 1.49. The van der Waals surface area contributed by atoms with Crippen molar-refractivity contribution in [3.05, 3.63) is 57.9 Å². The van der Waals surface area contributed by atoms with Gasteiger partial charge in [0.05, 0.1) is 0 Å². The monoisotopic (exact) mass is 302 g/mol. The van der Waals surface area contributed by atoms with E-state index in [0.29, 0.717) is 17.0 Å². The zero-order chi connectivity index (χ0) is 15.7. The highest BCUT2D eigenvalue weighted by Crippen LogP contribution is 2.17. The number of aryl methyl sites for hydroxylation is 1. The second kappa shape index (κ2) is 5.40. The van der Waals surface area contributed by atoms with Crippen molar-refractivity contribution in [3.63, 3.8) is 0 Å². The van der Waals surface area contributed by atoms with Gasteiger partial charge >= 0.3 is 0 Å². The third kappa shape index (κ3) is 2.71. The summed E-state index contributed by atoms with van der Waals surface area (Å²) in [4.78, 5) is 12.6. The number of benzene rings is 1. The van der Waals surface area contributed by atoms with Gasteiger partial charge in [-0.25, -0.2) is 4.39 Å². The van der Waals surface area contributed by atoms with Crippen LogP contribution in [0.3, 0.4) is 0 Å². The minimum atomic E-state index is -0.546. The van der Waals surface area contributed by atoms with Crippen molar-refractivity contribution in [3.8, 4) is 17.1 Å². The molecule has 7 nitrogen and oxygen atoms in total. The van der Waals surface area contributed by atoms with Crippen molar-refractivity contribution >= 4 is 0 Å². The fourth-order valence-corrected chi connectivity index (χ4v) is 1.88. The molecule has 0 atom stereocenters. The van der Waals surface area contributed by atoms with Crippen LogP contribution in [0.25, 0.3) is 11.4 Å². The molecule has 0 fully saturated rings. The van der Waals surface area contributed by atoms with Crippen LogP contribution in [0, 0.1) is 12.7 Å². The highest BCUT2D eigenvalue weighted by molar-refractivity contribution is 5.55. The zero-order valence-electron chi connectivity index (χ0n) is 11.5. The van der Waals surface area contributed by atoms with E-state index in [1.54, 1.807) is 19.1 Å². The minimum absolute atomic E-state index is 0.0860. The van der Waals surface area contributed by atoms with Gasteiger partial charge in [0.15, 0.2) is 5.75 Å². The number of halogens is 1. The molecule has 2 heterocycles. The highest BCUT2D eigenvalue weighted by atomic mass is 19.1. The van der Waals surface area contributed by atoms with Gasteiger partial charge in [0.25, 0.3) is 0 Å². The SMILES string of the molecule is Cc1cc(-c2nnn(Cc3cc(=O)c(O)co3)n2)ccc1F. The van der Waals surface area contributed by atoms with Crippen molar-refractivity contribution in [2.75, 3.05) is 0 Å². The lowest BCUT2D eigenvalue weighted by Crippen LogP contribution is -2.07. The van der Waals surface area contributed by atoms with E-state index in [1.807, 2.05) is 0 Å². The van der Waals surface area contributed by atoms with Gasteiger partial charge in [0.1, 0.15) is 24.4 Å². The van der Waals surface area contributed by atoms with Crippen molar-refractivity contribution in [2.45, 2.75) is 13.5 Å². The van der Waals surface area contributed by atoms with Crippen LogP contribution in [0.1, 0.15) is 11.3 Å². The van der Waals surface area contributed by atoms with Gasteiger partial charge < -0.3 is 9.52 Å². The topological polar surface area (TPSA) is 94.0 Å². The first-order valence-corrected chi connectivity index (χ1v) is 6.38. The van der Waals surface area contributed by atoms with Crippen LogP contribution in [0.15, 0.2) is 39.7 Å². The molecule has 0 saturated carbocycles. The Hall–Kier alpha value is -3.03. The van der Waals surface area contributed by atoms with Crippen LogP contribution in [0.2, 0.25) is 0 Å². The van der Waals surface area contributed by atoms with Gasteiger partial charge in [-0.15, -0.1) is 10.2 Å². The Morgan fingerprint density at radius 2 is 2.18 bits per heavy atom. The Balaban J connectivity index is 1.85. The average Bonchev–Trinajstić information content (AvgIpc) is 2.94. The zero-order valence-corrected chi connectivity index (χ0v) is 11.5. The molecular weight excluding hydrogens is 291 g/mol. The van der Waals surface area contributed by atoms with Crippen LogP contribution in [-0.4, -0.2) is 25.3 Å². The van der Waals surface area contributed by atoms with Crippen molar-refractivity contribution < 1.29 is 13.9 Å². The van der Waals surface area contributed by atoms with E-state index >= 15 is 0 Å². The number of aromatic nitrogens is 4. The number of rotatable bonds is 3. The Morgan fingerprint density at radius 1 is 1.36 bits per heavy atom. The molecule has 8 heteroatoms. The lowest BCUT2D eigenvalue weighted by molar-refractivity contribution is 0.396. The molecule has 1 N–H and O–H groups in total. The highest BCUT2D eigenvalue weighted by Gasteiger charge is 2.10. The normalized spacial score (nSPS) is 10.8. The Bertz CT molecular complexity index is 888. The molecule has 0 amide bonds. The summed E-state index contributed by atoms with van der Waals surface area (Å²) in [6.07, 6.45) is 0.957. The molecule has 0 radical (unpaired) electrons. The molecule has 0 bridgehead atoms. The number of hydrogen-bond donors (Lipinski definition) is 1. The Morgan fingerprint density at radius 3 is 2.91 bits per heavy atom. The van der Waals surface area contributed by atoms with E-state index < -0.39 is 11.2 Å². The summed E-state index contributed by atoms with van der Waals surface area (Å²) in [6, 6.07) is 5.67.